The van der Waals surface area contributed by atoms with E-state index in [1.165, 1.54) is 7.11 Å². The molecule has 1 aromatic rings. The summed E-state index contributed by atoms with van der Waals surface area (Å²) in [6, 6.07) is 4.79. The van der Waals surface area contributed by atoms with Gasteiger partial charge in [0.25, 0.3) is 0 Å². The maximum Gasteiger partial charge on any atom is 0.347 e. The van der Waals surface area contributed by atoms with Crippen LogP contribution in [0.15, 0.2) is 18.2 Å². The quantitative estimate of drug-likeness (QED) is 0.541. The average Bonchev–Trinajstić information content (AvgIpc) is 2.47. The predicted octanol–water partition coefficient (Wildman–Crippen LogP) is 2.62. The van der Waals surface area contributed by atoms with Gasteiger partial charge in [-0.15, -0.1) is 0 Å². The van der Waals surface area contributed by atoms with Crippen molar-refractivity contribution in [2.24, 2.45) is 0 Å². The van der Waals surface area contributed by atoms with Crippen molar-refractivity contribution in [2.75, 3.05) is 13.7 Å². The van der Waals surface area contributed by atoms with Gasteiger partial charge in [0.15, 0.2) is 17.6 Å². The number of rotatable bonds is 8. The third kappa shape index (κ3) is 4.26. The molecule has 1 rings (SSSR count). The lowest BCUT2D eigenvalue weighted by molar-refractivity contribution is -0.151. The van der Waals surface area contributed by atoms with Gasteiger partial charge in [0.1, 0.15) is 6.29 Å². The summed E-state index contributed by atoms with van der Waals surface area (Å²) in [5.41, 5.74) is 0.484. The Morgan fingerprint density at radius 1 is 1.30 bits per heavy atom. The number of ether oxygens (including phenoxy) is 3. The van der Waals surface area contributed by atoms with Crippen LogP contribution in [-0.2, 0) is 9.53 Å². The highest BCUT2D eigenvalue weighted by Gasteiger charge is 2.22. The van der Waals surface area contributed by atoms with Crippen molar-refractivity contribution in [1.82, 2.24) is 0 Å². The van der Waals surface area contributed by atoms with Crippen molar-refractivity contribution in [3.8, 4) is 11.5 Å². The summed E-state index contributed by atoms with van der Waals surface area (Å²) in [6.07, 6.45) is 1.40. The van der Waals surface area contributed by atoms with E-state index in [0.29, 0.717) is 30.1 Å². The molecule has 1 unspecified atom stereocenters. The van der Waals surface area contributed by atoms with E-state index >= 15 is 0 Å². The molecule has 0 aromatic heterocycles. The topological polar surface area (TPSA) is 61.8 Å². The Kier molecular flexibility index (Phi) is 6.56. The average molecular weight is 280 g/mol. The van der Waals surface area contributed by atoms with Crippen molar-refractivity contribution < 1.29 is 23.8 Å². The maximum absolute atomic E-state index is 11.8. The monoisotopic (exact) mass is 280 g/mol. The van der Waals surface area contributed by atoms with Gasteiger partial charge in [-0.1, -0.05) is 13.3 Å². The van der Waals surface area contributed by atoms with Crippen molar-refractivity contribution >= 4 is 12.3 Å². The normalized spacial score (nSPS) is 11.6. The Labute approximate surface area is 118 Å². The Bertz CT molecular complexity index is 456. The molecule has 110 valence electrons. The van der Waals surface area contributed by atoms with E-state index in [1.807, 2.05) is 6.92 Å². The highest BCUT2D eigenvalue weighted by Crippen LogP contribution is 2.29. The zero-order chi connectivity index (χ0) is 15.0. The molecule has 0 saturated heterocycles. The number of methoxy groups -OCH3 is 1. The second-order valence-electron chi connectivity index (χ2n) is 4.18. The number of hydrogen-bond donors (Lipinski definition) is 0. The number of benzene rings is 1. The molecule has 0 aliphatic heterocycles. The van der Waals surface area contributed by atoms with E-state index in [9.17, 15) is 9.59 Å². The molecular formula is C15H20O5. The fraction of sp³-hybridized carbons (Fsp3) is 0.467. The zero-order valence-electron chi connectivity index (χ0n) is 12.0. The SMILES string of the molecule is CCCC(Oc1ccc(C=O)cc1OC)C(=O)OCC. The smallest absolute Gasteiger partial charge is 0.347 e. The number of carbonyl (C=O) groups excluding carboxylic acids is 2. The summed E-state index contributed by atoms with van der Waals surface area (Å²) >= 11 is 0. The minimum atomic E-state index is -0.670. The number of carbonyl (C=O) groups is 2. The molecule has 0 aliphatic carbocycles. The lowest BCUT2D eigenvalue weighted by Gasteiger charge is -2.18. The second kappa shape index (κ2) is 8.19. The van der Waals surface area contributed by atoms with Crippen LogP contribution in [0, 0.1) is 0 Å². The molecule has 0 heterocycles. The Balaban J connectivity index is 2.92. The summed E-state index contributed by atoms with van der Waals surface area (Å²) in [6.45, 7) is 4.02. The lowest BCUT2D eigenvalue weighted by atomic mass is 10.2. The van der Waals surface area contributed by atoms with E-state index in [2.05, 4.69) is 0 Å². The second-order valence-corrected chi connectivity index (χ2v) is 4.18. The van der Waals surface area contributed by atoms with Gasteiger partial charge in [-0.05, 0) is 31.5 Å². The lowest BCUT2D eigenvalue weighted by Crippen LogP contribution is -2.29. The van der Waals surface area contributed by atoms with Gasteiger partial charge in [-0.2, -0.15) is 0 Å². The van der Waals surface area contributed by atoms with Gasteiger partial charge in [0, 0.05) is 5.56 Å². The van der Waals surface area contributed by atoms with E-state index in [-0.39, 0.29) is 0 Å². The van der Waals surface area contributed by atoms with Gasteiger partial charge >= 0.3 is 5.97 Å². The molecule has 0 saturated carbocycles. The van der Waals surface area contributed by atoms with Gasteiger partial charge in [-0.25, -0.2) is 4.79 Å². The number of hydrogen-bond acceptors (Lipinski definition) is 5. The van der Waals surface area contributed by atoms with Crippen molar-refractivity contribution in [1.29, 1.82) is 0 Å². The summed E-state index contributed by atoms with van der Waals surface area (Å²) < 4.78 is 15.8. The van der Waals surface area contributed by atoms with Gasteiger partial charge < -0.3 is 14.2 Å². The summed E-state index contributed by atoms with van der Waals surface area (Å²) in [5, 5.41) is 0. The van der Waals surface area contributed by atoms with Gasteiger partial charge in [0.05, 0.1) is 13.7 Å². The molecule has 1 aromatic carbocycles. The van der Waals surface area contributed by atoms with E-state index in [1.54, 1.807) is 25.1 Å². The van der Waals surface area contributed by atoms with Crippen LogP contribution in [0.5, 0.6) is 11.5 Å². The zero-order valence-corrected chi connectivity index (χ0v) is 12.0. The standard InChI is InChI=1S/C15H20O5/c1-4-6-13(15(17)19-5-2)20-12-8-7-11(10-16)9-14(12)18-3/h7-10,13H,4-6H2,1-3H3. The fourth-order valence-corrected chi connectivity index (χ4v) is 1.73. The first-order chi connectivity index (χ1) is 9.65. The van der Waals surface area contributed by atoms with Crippen LogP contribution in [0.25, 0.3) is 0 Å². The van der Waals surface area contributed by atoms with Gasteiger partial charge in [0.2, 0.25) is 0 Å². The van der Waals surface area contributed by atoms with Crippen LogP contribution in [-0.4, -0.2) is 32.1 Å². The first-order valence-corrected chi connectivity index (χ1v) is 6.62. The minimum Gasteiger partial charge on any atom is -0.493 e. The number of aldehydes is 1. The van der Waals surface area contributed by atoms with E-state index < -0.39 is 12.1 Å². The Morgan fingerprint density at radius 2 is 2.05 bits per heavy atom. The molecule has 0 fully saturated rings. The molecule has 0 N–H and O–H groups in total. The molecule has 0 radical (unpaired) electrons. The van der Waals surface area contributed by atoms with E-state index in [0.717, 1.165) is 12.7 Å². The summed E-state index contributed by atoms with van der Waals surface area (Å²) in [5.74, 6) is 0.445. The van der Waals surface area contributed by atoms with Crippen LogP contribution in [0.4, 0.5) is 0 Å². The third-order valence-corrected chi connectivity index (χ3v) is 2.69. The Morgan fingerprint density at radius 3 is 2.60 bits per heavy atom. The van der Waals surface area contributed by atoms with Crippen molar-refractivity contribution in [3.05, 3.63) is 23.8 Å². The summed E-state index contributed by atoms with van der Waals surface area (Å²) in [7, 11) is 1.48. The van der Waals surface area contributed by atoms with Crippen LogP contribution < -0.4 is 9.47 Å². The summed E-state index contributed by atoms with van der Waals surface area (Å²) in [4.78, 5) is 22.5. The Hall–Kier alpha value is -2.04. The molecule has 5 heteroatoms. The first kappa shape index (κ1) is 16.0. The molecule has 0 amide bonds. The molecule has 0 aliphatic rings. The number of esters is 1. The minimum absolute atomic E-state index is 0.309. The van der Waals surface area contributed by atoms with Gasteiger partial charge in [-0.3, -0.25) is 4.79 Å². The molecule has 5 nitrogen and oxygen atoms in total. The fourth-order valence-electron chi connectivity index (χ4n) is 1.73. The highest BCUT2D eigenvalue weighted by atomic mass is 16.6. The molecule has 20 heavy (non-hydrogen) atoms. The molecule has 0 bridgehead atoms. The van der Waals surface area contributed by atoms with E-state index in [4.69, 9.17) is 14.2 Å². The molecule has 1 atom stereocenters. The molecule has 0 spiro atoms. The third-order valence-electron chi connectivity index (χ3n) is 2.69. The van der Waals surface area contributed by atoms with Crippen molar-refractivity contribution in [3.63, 3.8) is 0 Å². The van der Waals surface area contributed by atoms with Crippen molar-refractivity contribution in [2.45, 2.75) is 32.8 Å². The van der Waals surface area contributed by atoms with Crippen LogP contribution in [0.2, 0.25) is 0 Å². The van der Waals surface area contributed by atoms with Crippen LogP contribution in [0.1, 0.15) is 37.0 Å². The van der Waals surface area contributed by atoms with Crippen LogP contribution >= 0.6 is 0 Å². The van der Waals surface area contributed by atoms with Crippen LogP contribution in [0.3, 0.4) is 0 Å². The largest absolute Gasteiger partial charge is 0.493 e. The molecular weight excluding hydrogens is 260 g/mol. The highest BCUT2D eigenvalue weighted by molar-refractivity contribution is 5.77. The first-order valence-electron chi connectivity index (χ1n) is 6.62. The maximum atomic E-state index is 11.8. The predicted molar refractivity (Wildman–Crippen MR) is 74.3 cm³/mol.